The zero-order chi connectivity index (χ0) is 12.1. The molecule has 0 aromatic carbocycles. The molecule has 0 bridgehead atoms. The van der Waals surface area contributed by atoms with Crippen LogP contribution in [-0.2, 0) is 0 Å². The molecule has 0 aliphatic heterocycles. The predicted octanol–water partition coefficient (Wildman–Crippen LogP) is 1.52. The molecule has 4 nitrogen and oxygen atoms in total. The van der Waals surface area contributed by atoms with Crippen molar-refractivity contribution in [1.82, 2.24) is 15.1 Å². The van der Waals surface area contributed by atoms with Crippen molar-refractivity contribution in [2.75, 3.05) is 13.1 Å². The summed E-state index contributed by atoms with van der Waals surface area (Å²) in [4.78, 5) is 11.9. The van der Waals surface area contributed by atoms with Crippen LogP contribution in [0.25, 0.3) is 0 Å². The lowest BCUT2D eigenvalue weighted by Gasteiger charge is -2.10. The first-order valence-electron chi connectivity index (χ1n) is 4.98. The first-order valence-corrected chi connectivity index (χ1v) is 5.36. The van der Waals surface area contributed by atoms with E-state index in [1.54, 1.807) is 4.68 Å². The maximum Gasteiger partial charge on any atom is 0.196 e. The molecule has 0 atom stereocenters. The zero-order valence-corrected chi connectivity index (χ0v) is 10.1. The van der Waals surface area contributed by atoms with E-state index in [9.17, 15) is 4.79 Å². The second-order valence-corrected chi connectivity index (χ2v) is 4.02. The molecule has 0 amide bonds. The van der Waals surface area contributed by atoms with Gasteiger partial charge in [-0.15, -0.1) is 6.42 Å². The Hall–Kier alpha value is -1.31. The van der Waals surface area contributed by atoms with Gasteiger partial charge in [-0.05, 0) is 13.8 Å². The van der Waals surface area contributed by atoms with Crippen molar-refractivity contribution in [2.24, 2.45) is 0 Å². The topological polar surface area (TPSA) is 46.9 Å². The minimum Gasteiger partial charge on any atom is -0.299 e. The molecule has 16 heavy (non-hydrogen) atoms. The van der Waals surface area contributed by atoms with Gasteiger partial charge < -0.3 is 0 Å². The number of carbonyl (C=O) groups excluding carboxylic acids is 1. The van der Waals surface area contributed by atoms with Gasteiger partial charge in [0.1, 0.15) is 5.69 Å². The standard InChI is InChI=1S/C11H14ClN3O/c1-4-5-13-7-10(16)11-9(12)6-14-15(11)8(2)3/h1,6,8,13H,5,7H2,2-3H3. The zero-order valence-electron chi connectivity index (χ0n) is 9.33. The Morgan fingerprint density at radius 2 is 2.44 bits per heavy atom. The maximum absolute atomic E-state index is 11.9. The van der Waals surface area contributed by atoms with Crippen molar-refractivity contribution in [3.8, 4) is 12.3 Å². The number of hydrogen-bond acceptors (Lipinski definition) is 3. The van der Waals surface area contributed by atoms with Crippen molar-refractivity contribution in [2.45, 2.75) is 19.9 Å². The molecule has 0 fully saturated rings. The predicted molar refractivity (Wildman–Crippen MR) is 63.7 cm³/mol. The highest BCUT2D eigenvalue weighted by molar-refractivity contribution is 6.33. The van der Waals surface area contributed by atoms with Gasteiger partial charge in [-0.3, -0.25) is 14.8 Å². The number of Topliss-reactive ketones (excluding diaryl/α,β-unsaturated/α-hetero) is 1. The summed E-state index contributed by atoms with van der Waals surface area (Å²) in [5.74, 6) is 2.30. The molecule has 0 radical (unpaired) electrons. The number of ketones is 1. The number of terminal acetylenes is 1. The highest BCUT2D eigenvalue weighted by Crippen LogP contribution is 2.18. The summed E-state index contributed by atoms with van der Waals surface area (Å²) in [5.41, 5.74) is 0.432. The van der Waals surface area contributed by atoms with Crippen molar-refractivity contribution < 1.29 is 4.79 Å². The average molecular weight is 240 g/mol. The minimum absolute atomic E-state index is 0.0964. The van der Waals surface area contributed by atoms with Gasteiger partial charge in [-0.1, -0.05) is 17.5 Å². The van der Waals surface area contributed by atoms with Gasteiger partial charge in [-0.25, -0.2) is 0 Å². The summed E-state index contributed by atoms with van der Waals surface area (Å²) in [5, 5.41) is 7.27. The summed E-state index contributed by atoms with van der Waals surface area (Å²) in [6, 6.07) is 0.0964. The highest BCUT2D eigenvalue weighted by atomic mass is 35.5. The van der Waals surface area contributed by atoms with E-state index in [1.165, 1.54) is 6.20 Å². The van der Waals surface area contributed by atoms with E-state index in [4.69, 9.17) is 18.0 Å². The van der Waals surface area contributed by atoms with E-state index < -0.39 is 0 Å². The number of aromatic nitrogens is 2. The number of hydrogen-bond donors (Lipinski definition) is 1. The molecule has 5 heteroatoms. The number of nitrogens with one attached hydrogen (secondary N) is 1. The molecule has 0 saturated heterocycles. The molecule has 1 rings (SSSR count). The van der Waals surface area contributed by atoms with Crippen LogP contribution in [0.15, 0.2) is 6.20 Å². The molecule has 1 aromatic heterocycles. The van der Waals surface area contributed by atoms with Crippen LogP contribution >= 0.6 is 11.6 Å². The summed E-state index contributed by atoms with van der Waals surface area (Å²) in [6.07, 6.45) is 6.56. The first kappa shape index (κ1) is 12.8. The third-order valence-electron chi connectivity index (χ3n) is 2.02. The number of rotatable bonds is 5. The smallest absolute Gasteiger partial charge is 0.196 e. The number of halogens is 1. The van der Waals surface area contributed by atoms with Gasteiger partial charge in [0.15, 0.2) is 5.78 Å². The fraction of sp³-hybridized carbons (Fsp3) is 0.455. The van der Waals surface area contributed by atoms with Crippen LogP contribution in [-0.4, -0.2) is 28.7 Å². The second-order valence-electron chi connectivity index (χ2n) is 3.61. The van der Waals surface area contributed by atoms with Crippen LogP contribution in [0, 0.1) is 12.3 Å². The van der Waals surface area contributed by atoms with E-state index in [0.29, 0.717) is 17.3 Å². The molecule has 0 saturated carbocycles. The Morgan fingerprint density at radius 1 is 1.75 bits per heavy atom. The molecule has 86 valence electrons. The lowest BCUT2D eigenvalue weighted by molar-refractivity contribution is 0.0980. The molecule has 0 spiro atoms. The normalized spacial score (nSPS) is 10.4. The van der Waals surface area contributed by atoms with Gasteiger partial charge >= 0.3 is 0 Å². The Labute approximate surface area is 100.0 Å². The van der Waals surface area contributed by atoms with Crippen LogP contribution in [0.5, 0.6) is 0 Å². The van der Waals surface area contributed by atoms with Gasteiger partial charge in [0.25, 0.3) is 0 Å². The number of nitrogens with zero attached hydrogens (tertiary/aromatic N) is 2. The molecule has 0 aliphatic rings. The molecule has 1 heterocycles. The SMILES string of the molecule is C#CCNCC(=O)c1c(Cl)cnn1C(C)C. The van der Waals surface area contributed by atoms with Gasteiger partial charge in [0.2, 0.25) is 0 Å². The second kappa shape index (κ2) is 5.69. The summed E-state index contributed by atoms with van der Waals surface area (Å²) < 4.78 is 1.61. The van der Waals surface area contributed by atoms with Crippen LogP contribution < -0.4 is 5.32 Å². The quantitative estimate of drug-likeness (QED) is 0.482. The fourth-order valence-corrected chi connectivity index (χ4v) is 1.56. The molecule has 0 unspecified atom stereocenters. The monoisotopic (exact) mass is 239 g/mol. The van der Waals surface area contributed by atoms with Gasteiger partial charge in [0.05, 0.1) is 24.3 Å². The summed E-state index contributed by atoms with van der Waals surface area (Å²) in [6.45, 7) is 4.41. The number of carbonyl (C=O) groups is 1. The Bertz CT molecular complexity index is 417. The molecular weight excluding hydrogens is 226 g/mol. The van der Waals surface area contributed by atoms with Crippen molar-refractivity contribution in [3.05, 3.63) is 16.9 Å². The third-order valence-corrected chi connectivity index (χ3v) is 2.29. The minimum atomic E-state index is -0.105. The highest BCUT2D eigenvalue weighted by Gasteiger charge is 2.18. The maximum atomic E-state index is 11.9. The van der Waals surface area contributed by atoms with Gasteiger partial charge in [-0.2, -0.15) is 5.10 Å². The Kier molecular flexibility index (Phi) is 4.53. The third kappa shape index (κ3) is 2.84. The van der Waals surface area contributed by atoms with E-state index in [-0.39, 0.29) is 18.4 Å². The van der Waals surface area contributed by atoms with Crippen LogP contribution in [0.3, 0.4) is 0 Å². The van der Waals surface area contributed by atoms with Crippen LogP contribution in [0.2, 0.25) is 5.02 Å². The first-order chi connectivity index (χ1) is 7.57. The Balaban J connectivity index is 2.82. The van der Waals surface area contributed by atoms with E-state index in [1.807, 2.05) is 13.8 Å². The lowest BCUT2D eigenvalue weighted by atomic mass is 10.2. The molecular formula is C11H14ClN3O. The van der Waals surface area contributed by atoms with Crippen molar-refractivity contribution in [1.29, 1.82) is 0 Å². The molecule has 1 aromatic rings. The average Bonchev–Trinajstić information content (AvgIpc) is 2.60. The summed E-state index contributed by atoms with van der Waals surface area (Å²) in [7, 11) is 0. The molecule has 1 N–H and O–H groups in total. The van der Waals surface area contributed by atoms with E-state index in [2.05, 4.69) is 16.3 Å². The van der Waals surface area contributed by atoms with E-state index >= 15 is 0 Å². The van der Waals surface area contributed by atoms with E-state index in [0.717, 1.165) is 0 Å². The lowest BCUT2D eigenvalue weighted by Crippen LogP contribution is -2.26. The molecule has 0 aliphatic carbocycles. The van der Waals surface area contributed by atoms with Crippen molar-refractivity contribution >= 4 is 17.4 Å². The van der Waals surface area contributed by atoms with Crippen LogP contribution in [0.4, 0.5) is 0 Å². The van der Waals surface area contributed by atoms with Gasteiger partial charge in [0, 0.05) is 6.04 Å². The van der Waals surface area contributed by atoms with Crippen molar-refractivity contribution in [3.63, 3.8) is 0 Å². The fourth-order valence-electron chi connectivity index (χ4n) is 1.33. The van der Waals surface area contributed by atoms with Crippen LogP contribution in [0.1, 0.15) is 30.4 Å². The largest absolute Gasteiger partial charge is 0.299 e. The summed E-state index contributed by atoms with van der Waals surface area (Å²) >= 11 is 5.92. The Morgan fingerprint density at radius 3 is 3.00 bits per heavy atom.